The number of ether oxygens (including phenoxy) is 1. The van der Waals surface area contributed by atoms with E-state index in [4.69, 9.17) is 40.2 Å². The van der Waals surface area contributed by atoms with Gasteiger partial charge in [-0.2, -0.15) is 0 Å². The van der Waals surface area contributed by atoms with Crippen molar-refractivity contribution >= 4 is 74.0 Å². The van der Waals surface area contributed by atoms with E-state index in [0.717, 1.165) is 10.0 Å². The third kappa shape index (κ3) is 6.77. The number of amides is 1. The molecule has 0 saturated heterocycles. The molecule has 0 aliphatic rings. The van der Waals surface area contributed by atoms with E-state index >= 15 is 0 Å². The van der Waals surface area contributed by atoms with E-state index in [2.05, 4.69) is 21.2 Å². The van der Waals surface area contributed by atoms with Crippen molar-refractivity contribution in [3.63, 3.8) is 0 Å². The molecule has 1 N–H and O–H groups in total. The predicted octanol–water partition coefficient (Wildman–Crippen LogP) is 6.65. The Labute approximate surface area is 215 Å². The molecule has 0 aliphatic heterocycles. The summed E-state index contributed by atoms with van der Waals surface area (Å²) in [6, 6.07) is 18.8. The van der Waals surface area contributed by atoms with Gasteiger partial charge >= 0.3 is 5.97 Å². The summed E-state index contributed by atoms with van der Waals surface area (Å²) in [6.07, 6.45) is 0. The van der Waals surface area contributed by atoms with E-state index in [9.17, 15) is 9.59 Å². The Morgan fingerprint density at radius 2 is 1.64 bits per heavy atom. The van der Waals surface area contributed by atoms with E-state index in [0.29, 0.717) is 26.9 Å². The summed E-state index contributed by atoms with van der Waals surface area (Å²) in [5.74, 6) is -0.759. The minimum Gasteiger partial charge on any atom is -0.462 e. The molecule has 0 heterocycles. The molecule has 33 heavy (non-hydrogen) atoms. The van der Waals surface area contributed by atoms with Gasteiger partial charge in [0.2, 0.25) is 0 Å². The van der Waals surface area contributed by atoms with Crippen molar-refractivity contribution in [1.29, 1.82) is 0 Å². The Hall–Kier alpha value is -2.45. The van der Waals surface area contributed by atoms with Gasteiger partial charge in [0.15, 0.2) is 5.11 Å². The Morgan fingerprint density at radius 1 is 1.00 bits per heavy atom. The van der Waals surface area contributed by atoms with E-state index in [1.54, 1.807) is 78.6 Å². The molecular weight excluding hydrogens is 547 g/mol. The fraction of sp³-hybridized carbons (Fsp3) is 0.125. The maximum Gasteiger partial charge on any atom is 0.338 e. The van der Waals surface area contributed by atoms with Gasteiger partial charge in [-0.25, -0.2) is 4.79 Å². The number of hydrogen-bond acceptors (Lipinski definition) is 4. The van der Waals surface area contributed by atoms with E-state index in [-0.39, 0.29) is 24.2 Å². The summed E-state index contributed by atoms with van der Waals surface area (Å²) < 4.78 is 5.90. The van der Waals surface area contributed by atoms with Crippen molar-refractivity contribution in [2.24, 2.45) is 0 Å². The number of hydrogen-bond donors (Lipinski definition) is 1. The van der Waals surface area contributed by atoms with Gasteiger partial charge in [-0.1, -0.05) is 45.2 Å². The molecule has 3 aromatic carbocycles. The van der Waals surface area contributed by atoms with Crippen LogP contribution in [0.2, 0.25) is 10.0 Å². The van der Waals surface area contributed by atoms with Gasteiger partial charge in [0.25, 0.3) is 5.91 Å². The summed E-state index contributed by atoms with van der Waals surface area (Å²) in [4.78, 5) is 26.5. The predicted molar refractivity (Wildman–Crippen MR) is 139 cm³/mol. The van der Waals surface area contributed by atoms with Gasteiger partial charge in [-0.3, -0.25) is 10.1 Å². The largest absolute Gasteiger partial charge is 0.462 e. The molecule has 0 radical (unpaired) electrons. The molecule has 0 aliphatic carbocycles. The van der Waals surface area contributed by atoms with Crippen LogP contribution in [0.25, 0.3) is 0 Å². The first kappa shape index (κ1) is 25.2. The molecule has 0 spiro atoms. The summed E-state index contributed by atoms with van der Waals surface area (Å²) in [6.45, 7) is 2.30. The molecule has 3 rings (SSSR count). The van der Waals surface area contributed by atoms with Crippen molar-refractivity contribution in [3.8, 4) is 0 Å². The van der Waals surface area contributed by atoms with Gasteiger partial charge in [-0.15, -0.1) is 0 Å². The van der Waals surface area contributed by atoms with Crippen LogP contribution in [0, 0.1) is 0 Å². The van der Waals surface area contributed by atoms with Crippen LogP contribution in [0.1, 0.15) is 33.2 Å². The van der Waals surface area contributed by atoms with Crippen molar-refractivity contribution < 1.29 is 14.3 Å². The lowest BCUT2D eigenvalue weighted by molar-refractivity contribution is 0.0526. The Kier molecular flexibility index (Phi) is 8.86. The smallest absolute Gasteiger partial charge is 0.338 e. The number of carbonyl (C=O) groups is 2. The van der Waals surface area contributed by atoms with Crippen LogP contribution in [-0.4, -0.2) is 23.6 Å². The minimum atomic E-state index is -0.414. The number of esters is 1. The van der Waals surface area contributed by atoms with Crippen molar-refractivity contribution in [2.75, 3.05) is 11.5 Å². The number of thiocarbonyl (C=S) groups is 1. The van der Waals surface area contributed by atoms with Gasteiger partial charge < -0.3 is 9.64 Å². The second-order valence-electron chi connectivity index (χ2n) is 6.86. The Balaban J connectivity index is 1.88. The fourth-order valence-corrected chi connectivity index (χ4v) is 3.93. The topological polar surface area (TPSA) is 58.6 Å². The summed E-state index contributed by atoms with van der Waals surface area (Å²) in [5, 5.41) is 3.93. The summed E-state index contributed by atoms with van der Waals surface area (Å²) >= 11 is 21.3. The Morgan fingerprint density at radius 3 is 2.24 bits per heavy atom. The molecule has 0 bridgehead atoms. The lowest BCUT2D eigenvalue weighted by Gasteiger charge is -2.26. The highest BCUT2D eigenvalue weighted by atomic mass is 79.9. The van der Waals surface area contributed by atoms with Crippen LogP contribution < -0.4 is 10.2 Å². The second kappa shape index (κ2) is 11.6. The number of nitrogens with zero attached hydrogens (tertiary/aromatic N) is 1. The molecular formula is C24H19BrCl2N2O3S. The highest BCUT2D eigenvalue weighted by Crippen LogP contribution is 2.25. The Bertz CT molecular complexity index is 1170. The number of nitrogens with one attached hydrogen (secondary N) is 1. The van der Waals surface area contributed by atoms with Gasteiger partial charge in [0.05, 0.1) is 18.7 Å². The molecule has 0 saturated carbocycles. The van der Waals surface area contributed by atoms with Crippen LogP contribution in [0.15, 0.2) is 71.2 Å². The first-order valence-corrected chi connectivity index (χ1v) is 11.8. The number of anilines is 1. The van der Waals surface area contributed by atoms with Crippen LogP contribution in [0.5, 0.6) is 0 Å². The monoisotopic (exact) mass is 564 g/mol. The standard InChI is InChI=1S/C24H19BrCl2N2O3S/c1-2-32-23(31)16-6-11-20(12-7-16)29(14-17-5-10-19(26)13-21(17)27)24(33)28-22(30)15-3-8-18(25)9-4-15/h3-13H,2,14H2,1H3,(H,28,30,33). The zero-order valence-electron chi connectivity index (χ0n) is 17.5. The number of rotatable bonds is 6. The van der Waals surface area contributed by atoms with E-state index in [1.807, 2.05) is 0 Å². The average Bonchev–Trinajstić information content (AvgIpc) is 2.79. The second-order valence-corrected chi connectivity index (χ2v) is 9.00. The zero-order valence-corrected chi connectivity index (χ0v) is 21.4. The maximum absolute atomic E-state index is 12.7. The van der Waals surface area contributed by atoms with Crippen LogP contribution in [0.4, 0.5) is 5.69 Å². The van der Waals surface area contributed by atoms with Crippen LogP contribution in [0.3, 0.4) is 0 Å². The highest BCUT2D eigenvalue weighted by molar-refractivity contribution is 9.10. The molecule has 3 aromatic rings. The normalized spacial score (nSPS) is 10.4. The highest BCUT2D eigenvalue weighted by Gasteiger charge is 2.18. The van der Waals surface area contributed by atoms with Crippen molar-refractivity contribution in [1.82, 2.24) is 5.32 Å². The molecule has 0 atom stereocenters. The molecule has 9 heteroatoms. The lowest BCUT2D eigenvalue weighted by Crippen LogP contribution is -2.42. The zero-order chi connectivity index (χ0) is 24.0. The van der Waals surface area contributed by atoms with Crippen molar-refractivity contribution in [3.05, 3.63) is 97.9 Å². The molecule has 170 valence electrons. The molecule has 0 fully saturated rings. The summed E-state index contributed by atoms with van der Waals surface area (Å²) in [7, 11) is 0. The quantitative estimate of drug-likeness (QED) is 0.268. The van der Waals surface area contributed by atoms with Crippen LogP contribution >= 0.6 is 51.3 Å². The van der Waals surface area contributed by atoms with Gasteiger partial charge in [0, 0.05) is 25.8 Å². The third-order valence-electron chi connectivity index (χ3n) is 4.61. The first-order chi connectivity index (χ1) is 15.8. The average molecular weight is 566 g/mol. The molecule has 0 aromatic heterocycles. The van der Waals surface area contributed by atoms with Crippen LogP contribution in [-0.2, 0) is 11.3 Å². The van der Waals surface area contributed by atoms with E-state index in [1.165, 1.54) is 0 Å². The minimum absolute atomic E-state index is 0.179. The molecule has 1 amide bonds. The number of benzene rings is 3. The van der Waals surface area contributed by atoms with Gasteiger partial charge in [-0.05, 0) is 85.4 Å². The first-order valence-electron chi connectivity index (χ1n) is 9.88. The number of carbonyl (C=O) groups excluding carboxylic acids is 2. The van der Waals surface area contributed by atoms with Crippen molar-refractivity contribution in [2.45, 2.75) is 13.5 Å². The molecule has 0 unspecified atom stereocenters. The maximum atomic E-state index is 12.7. The SMILES string of the molecule is CCOC(=O)c1ccc(N(Cc2ccc(Cl)cc2Cl)C(=S)NC(=O)c2ccc(Br)cc2)cc1. The third-order valence-corrected chi connectivity index (χ3v) is 6.04. The van der Waals surface area contributed by atoms with E-state index < -0.39 is 5.97 Å². The molecule has 5 nitrogen and oxygen atoms in total. The fourth-order valence-electron chi connectivity index (χ4n) is 2.93. The lowest BCUT2D eigenvalue weighted by atomic mass is 10.1. The van der Waals surface area contributed by atoms with Gasteiger partial charge in [0.1, 0.15) is 0 Å². The summed E-state index contributed by atoms with van der Waals surface area (Å²) in [5.41, 5.74) is 2.29. The number of halogens is 3.